The number of thiazole rings is 1. The molecule has 14 heavy (non-hydrogen) atoms. The van der Waals surface area contributed by atoms with Crippen molar-refractivity contribution in [3.63, 3.8) is 0 Å². The molecular weight excluding hydrogens is 242 g/mol. The molecule has 0 N–H and O–H groups in total. The number of aromatic nitrogens is 1. The maximum absolute atomic E-state index is 11.3. The third-order valence-corrected chi connectivity index (χ3v) is 6.00. The van der Waals surface area contributed by atoms with Gasteiger partial charge in [-0.3, -0.25) is 0 Å². The first kappa shape index (κ1) is 10.4. The first-order valence-electron chi connectivity index (χ1n) is 4.28. The summed E-state index contributed by atoms with van der Waals surface area (Å²) >= 11 is 1.50. The highest BCUT2D eigenvalue weighted by atomic mass is 35.7. The standard InChI is InChI=1S/C8H10ClNO2S2/c1-6-5-13-7(10-6)4-8(2-3-8)14(9,11)12/h5H,2-4H2,1H3. The summed E-state index contributed by atoms with van der Waals surface area (Å²) in [6.07, 6.45) is 1.80. The van der Waals surface area contributed by atoms with Crippen molar-refractivity contribution in [2.45, 2.75) is 30.9 Å². The summed E-state index contributed by atoms with van der Waals surface area (Å²) in [5, 5.41) is 2.79. The molecule has 0 saturated heterocycles. The lowest BCUT2D eigenvalue weighted by Crippen LogP contribution is -2.20. The third kappa shape index (κ3) is 1.81. The van der Waals surface area contributed by atoms with Crippen LogP contribution in [0.3, 0.4) is 0 Å². The summed E-state index contributed by atoms with van der Waals surface area (Å²) in [5.74, 6) is 0. The minimum absolute atomic E-state index is 0.470. The molecule has 1 heterocycles. The van der Waals surface area contributed by atoms with Crippen molar-refractivity contribution in [1.29, 1.82) is 0 Å². The quantitative estimate of drug-likeness (QED) is 0.773. The lowest BCUT2D eigenvalue weighted by atomic mass is 10.3. The lowest BCUT2D eigenvalue weighted by Gasteiger charge is -2.07. The summed E-state index contributed by atoms with van der Waals surface area (Å²) in [5.41, 5.74) is 0.938. The van der Waals surface area contributed by atoms with Gasteiger partial charge in [0.25, 0.3) is 0 Å². The fourth-order valence-electron chi connectivity index (χ4n) is 1.41. The van der Waals surface area contributed by atoms with E-state index in [1.54, 1.807) is 0 Å². The van der Waals surface area contributed by atoms with Gasteiger partial charge in [0.1, 0.15) is 0 Å². The van der Waals surface area contributed by atoms with Gasteiger partial charge in [0.15, 0.2) is 0 Å². The van der Waals surface area contributed by atoms with Gasteiger partial charge in [-0.25, -0.2) is 13.4 Å². The van der Waals surface area contributed by atoms with Gasteiger partial charge in [0, 0.05) is 28.2 Å². The van der Waals surface area contributed by atoms with Crippen molar-refractivity contribution in [1.82, 2.24) is 4.98 Å². The molecule has 0 amide bonds. The van der Waals surface area contributed by atoms with E-state index < -0.39 is 13.8 Å². The highest BCUT2D eigenvalue weighted by molar-refractivity contribution is 8.15. The van der Waals surface area contributed by atoms with Gasteiger partial charge in [-0.15, -0.1) is 11.3 Å². The molecule has 6 heteroatoms. The number of nitrogens with zero attached hydrogens (tertiary/aromatic N) is 1. The Balaban J connectivity index is 2.20. The highest BCUT2D eigenvalue weighted by Gasteiger charge is 2.54. The van der Waals surface area contributed by atoms with Gasteiger partial charge >= 0.3 is 0 Å². The van der Waals surface area contributed by atoms with Crippen molar-refractivity contribution in [3.05, 3.63) is 16.1 Å². The molecule has 0 aliphatic heterocycles. The molecule has 0 aromatic carbocycles. The molecule has 2 rings (SSSR count). The van der Waals surface area contributed by atoms with Gasteiger partial charge in [0.05, 0.1) is 9.75 Å². The van der Waals surface area contributed by atoms with Gasteiger partial charge in [-0.05, 0) is 19.8 Å². The van der Waals surface area contributed by atoms with Crippen LogP contribution in [0.2, 0.25) is 0 Å². The Morgan fingerprint density at radius 3 is 2.64 bits per heavy atom. The second kappa shape index (κ2) is 3.18. The molecule has 1 aliphatic rings. The predicted molar refractivity (Wildman–Crippen MR) is 57.3 cm³/mol. The monoisotopic (exact) mass is 251 g/mol. The molecule has 1 fully saturated rings. The molecule has 0 radical (unpaired) electrons. The zero-order chi connectivity index (χ0) is 10.4. The average Bonchev–Trinajstić information content (AvgIpc) is 2.71. The largest absolute Gasteiger partial charge is 0.247 e. The number of halogens is 1. The maximum atomic E-state index is 11.3. The molecule has 1 aromatic heterocycles. The smallest absolute Gasteiger partial charge is 0.238 e. The van der Waals surface area contributed by atoms with Crippen molar-refractivity contribution in [2.24, 2.45) is 0 Å². The Bertz CT molecular complexity index is 448. The number of hydrogen-bond acceptors (Lipinski definition) is 4. The summed E-state index contributed by atoms with van der Waals surface area (Å²) in [6, 6.07) is 0. The summed E-state index contributed by atoms with van der Waals surface area (Å²) < 4.78 is 21.8. The van der Waals surface area contributed by atoms with Crippen LogP contribution >= 0.6 is 22.0 Å². The van der Waals surface area contributed by atoms with Gasteiger partial charge in [0.2, 0.25) is 9.05 Å². The zero-order valence-corrected chi connectivity index (χ0v) is 10.0. The highest BCUT2D eigenvalue weighted by Crippen LogP contribution is 2.48. The van der Waals surface area contributed by atoms with Crippen LogP contribution in [-0.2, 0) is 15.5 Å². The maximum Gasteiger partial charge on any atom is 0.238 e. The van der Waals surface area contributed by atoms with Crippen LogP contribution in [0, 0.1) is 6.92 Å². The van der Waals surface area contributed by atoms with E-state index >= 15 is 0 Å². The fraction of sp³-hybridized carbons (Fsp3) is 0.625. The summed E-state index contributed by atoms with van der Waals surface area (Å²) in [4.78, 5) is 4.24. The zero-order valence-electron chi connectivity index (χ0n) is 7.66. The van der Waals surface area contributed by atoms with Crippen LogP contribution in [0.5, 0.6) is 0 Å². The predicted octanol–water partition coefficient (Wildman–Crippen LogP) is 2.10. The van der Waals surface area contributed by atoms with Gasteiger partial charge < -0.3 is 0 Å². The lowest BCUT2D eigenvalue weighted by molar-refractivity contribution is 0.590. The second-order valence-electron chi connectivity index (χ2n) is 3.68. The molecule has 1 aliphatic carbocycles. The summed E-state index contributed by atoms with van der Waals surface area (Å²) in [7, 11) is 1.95. The molecular formula is C8H10ClNO2S2. The van der Waals surface area contributed by atoms with E-state index in [0.29, 0.717) is 19.3 Å². The molecule has 0 bridgehead atoms. The number of aryl methyl sites for hydroxylation is 1. The van der Waals surface area contributed by atoms with Crippen LogP contribution in [0.1, 0.15) is 23.5 Å². The van der Waals surface area contributed by atoms with E-state index in [1.165, 1.54) is 11.3 Å². The van der Waals surface area contributed by atoms with E-state index in [2.05, 4.69) is 4.98 Å². The fourth-order valence-corrected chi connectivity index (χ4v) is 3.94. The molecule has 78 valence electrons. The Morgan fingerprint density at radius 1 is 1.64 bits per heavy atom. The molecule has 1 saturated carbocycles. The normalized spacial score (nSPS) is 19.6. The molecule has 0 unspecified atom stereocenters. The van der Waals surface area contributed by atoms with Crippen LogP contribution in [-0.4, -0.2) is 18.1 Å². The van der Waals surface area contributed by atoms with Crippen molar-refractivity contribution in [3.8, 4) is 0 Å². The second-order valence-corrected chi connectivity index (χ2v) is 7.58. The van der Waals surface area contributed by atoms with Crippen LogP contribution < -0.4 is 0 Å². The summed E-state index contributed by atoms with van der Waals surface area (Å²) in [6.45, 7) is 1.90. The minimum Gasteiger partial charge on any atom is -0.247 e. The molecule has 0 atom stereocenters. The molecule has 3 nitrogen and oxygen atoms in total. The SMILES string of the molecule is Cc1csc(CC2(S(=O)(=O)Cl)CC2)n1. The van der Waals surface area contributed by atoms with E-state index in [4.69, 9.17) is 10.7 Å². The van der Waals surface area contributed by atoms with E-state index in [0.717, 1.165) is 10.7 Å². The van der Waals surface area contributed by atoms with Gasteiger partial charge in [-0.1, -0.05) is 0 Å². The van der Waals surface area contributed by atoms with Crippen LogP contribution in [0.4, 0.5) is 0 Å². The van der Waals surface area contributed by atoms with Crippen molar-refractivity contribution >= 4 is 31.1 Å². The van der Waals surface area contributed by atoms with Crippen LogP contribution in [0.15, 0.2) is 5.38 Å². The van der Waals surface area contributed by atoms with E-state index in [1.807, 2.05) is 12.3 Å². The number of rotatable bonds is 3. The van der Waals surface area contributed by atoms with Gasteiger partial charge in [-0.2, -0.15) is 0 Å². The van der Waals surface area contributed by atoms with Crippen molar-refractivity contribution in [2.75, 3.05) is 0 Å². The Hall–Kier alpha value is -0.130. The van der Waals surface area contributed by atoms with E-state index in [9.17, 15) is 8.42 Å². The Morgan fingerprint density at radius 2 is 2.29 bits per heavy atom. The van der Waals surface area contributed by atoms with Crippen molar-refractivity contribution < 1.29 is 8.42 Å². The first-order valence-corrected chi connectivity index (χ1v) is 7.47. The van der Waals surface area contributed by atoms with E-state index in [-0.39, 0.29) is 0 Å². The first-order chi connectivity index (χ1) is 6.43. The average molecular weight is 252 g/mol. The topological polar surface area (TPSA) is 47.0 Å². The minimum atomic E-state index is -3.44. The number of hydrogen-bond donors (Lipinski definition) is 0. The van der Waals surface area contributed by atoms with Crippen LogP contribution in [0.25, 0.3) is 0 Å². The molecule has 0 spiro atoms. The Kier molecular flexibility index (Phi) is 2.36. The third-order valence-electron chi connectivity index (χ3n) is 2.46. The Labute approximate surface area is 91.5 Å². The molecule has 1 aromatic rings.